The molecule has 1 aliphatic carbocycles. The molecule has 0 aromatic carbocycles. The number of aliphatic carboxylic acids is 1. The molecule has 9 heteroatoms. The molecule has 1 N–H and O–H groups in total. The number of aryl methyl sites for hydroxylation is 1. The summed E-state index contributed by atoms with van der Waals surface area (Å²) in [5, 5.41) is 9.59. The minimum absolute atomic E-state index is 0.0253. The number of carboxylic acid groups (broad SMARTS) is 1. The molecule has 8 nitrogen and oxygen atoms in total. The number of aromatic nitrogens is 1. The highest BCUT2D eigenvalue weighted by Gasteiger charge is 2.51. The minimum Gasteiger partial charge on any atom is -0.480 e. The minimum atomic E-state index is -4.00. The smallest absolute Gasteiger partial charge is 0.322 e. The summed E-state index contributed by atoms with van der Waals surface area (Å²) >= 11 is 0. The average molecular weight is 383 g/mol. The van der Waals surface area contributed by atoms with Crippen LogP contribution in [0.25, 0.3) is 0 Å². The highest BCUT2D eigenvalue weighted by molar-refractivity contribution is 7.89. The lowest BCUT2D eigenvalue weighted by atomic mass is 9.85. The fraction of sp³-hybridized carbons (Fsp3) is 0.647. The molecule has 144 valence electrons. The third-order valence-corrected chi connectivity index (χ3v) is 7.39. The first-order valence-corrected chi connectivity index (χ1v) is 10.2. The standard InChI is InChI=1S/C17H25N3O5S/c1-18(2)16(21)14-9-12(10-19(14)3)26(24,25)20-13-7-5-4-6-11(13)8-15(20)17(22)23/h9-11,13,15H,4-8H2,1-3H3,(H,22,23). The summed E-state index contributed by atoms with van der Waals surface area (Å²) < 4.78 is 29.2. The molecule has 3 unspecified atom stereocenters. The van der Waals surface area contributed by atoms with Gasteiger partial charge in [-0.15, -0.1) is 0 Å². The summed E-state index contributed by atoms with van der Waals surface area (Å²) in [6.07, 6.45) is 5.20. The molecule has 2 heterocycles. The number of rotatable bonds is 4. The van der Waals surface area contributed by atoms with Crippen molar-refractivity contribution in [2.45, 2.75) is 49.1 Å². The Morgan fingerprint density at radius 2 is 1.88 bits per heavy atom. The molecule has 1 amide bonds. The number of carboxylic acids is 1. The maximum absolute atomic E-state index is 13.3. The Bertz CT molecular complexity index is 829. The number of hydrogen-bond acceptors (Lipinski definition) is 4. The molecule has 3 rings (SSSR count). The van der Waals surface area contributed by atoms with Crippen LogP contribution in [0.5, 0.6) is 0 Å². The van der Waals surface area contributed by atoms with Gasteiger partial charge in [-0.1, -0.05) is 12.8 Å². The summed E-state index contributed by atoms with van der Waals surface area (Å²) in [6.45, 7) is 0. The summed E-state index contributed by atoms with van der Waals surface area (Å²) in [6, 6.07) is 0.0246. The molecule has 1 aromatic rings. The van der Waals surface area contributed by atoms with Gasteiger partial charge in [0.1, 0.15) is 16.6 Å². The monoisotopic (exact) mass is 383 g/mol. The summed E-state index contributed by atoms with van der Waals surface area (Å²) in [5.41, 5.74) is 0.250. The lowest BCUT2D eigenvalue weighted by Crippen LogP contribution is -2.46. The van der Waals surface area contributed by atoms with Gasteiger partial charge in [-0.2, -0.15) is 4.31 Å². The molecule has 26 heavy (non-hydrogen) atoms. The molecule has 2 fully saturated rings. The molecular weight excluding hydrogens is 358 g/mol. The number of hydrogen-bond donors (Lipinski definition) is 1. The zero-order chi connectivity index (χ0) is 19.2. The van der Waals surface area contributed by atoms with Crippen molar-refractivity contribution in [1.82, 2.24) is 13.8 Å². The summed E-state index contributed by atoms with van der Waals surface area (Å²) in [7, 11) is 0.794. The predicted molar refractivity (Wildman–Crippen MR) is 94.2 cm³/mol. The zero-order valence-corrected chi connectivity index (χ0v) is 16.1. The number of fused-ring (bicyclic) bond motifs is 1. The van der Waals surface area contributed by atoms with Crippen LogP contribution in [0, 0.1) is 5.92 Å². The summed E-state index contributed by atoms with van der Waals surface area (Å²) in [4.78, 5) is 25.3. The second-order valence-electron chi connectivity index (χ2n) is 7.41. The highest BCUT2D eigenvalue weighted by Crippen LogP contribution is 2.42. The van der Waals surface area contributed by atoms with Crippen LogP contribution in [0.4, 0.5) is 0 Å². The van der Waals surface area contributed by atoms with Crippen LogP contribution in [-0.4, -0.2) is 65.4 Å². The Hall–Kier alpha value is -1.87. The molecule has 3 atom stereocenters. The van der Waals surface area contributed by atoms with Crippen LogP contribution in [0.3, 0.4) is 0 Å². The molecule has 2 aliphatic rings. The van der Waals surface area contributed by atoms with Gasteiger partial charge in [0.15, 0.2) is 0 Å². The second-order valence-corrected chi connectivity index (χ2v) is 9.25. The third kappa shape index (κ3) is 3.03. The van der Waals surface area contributed by atoms with Crippen LogP contribution in [-0.2, 0) is 21.9 Å². The lowest BCUT2D eigenvalue weighted by Gasteiger charge is -2.31. The van der Waals surface area contributed by atoms with Gasteiger partial charge in [0, 0.05) is 33.4 Å². The van der Waals surface area contributed by atoms with Crippen LogP contribution >= 0.6 is 0 Å². The topological polar surface area (TPSA) is 99.9 Å². The quantitative estimate of drug-likeness (QED) is 0.840. The second kappa shape index (κ2) is 6.70. The van der Waals surface area contributed by atoms with Crippen molar-refractivity contribution in [1.29, 1.82) is 0 Å². The van der Waals surface area contributed by atoms with Crippen molar-refractivity contribution in [2.75, 3.05) is 14.1 Å². The van der Waals surface area contributed by atoms with Crippen molar-refractivity contribution in [3.8, 4) is 0 Å². The van der Waals surface area contributed by atoms with Gasteiger partial charge < -0.3 is 14.6 Å². The maximum atomic E-state index is 13.3. The van der Waals surface area contributed by atoms with Gasteiger partial charge in [-0.25, -0.2) is 8.42 Å². The van der Waals surface area contributed by atoms with E-state index in [0.29, 0.717) is 12.8 Å². The maximum Gasteiger partial charge on any atom is 0.322 e. The Kier molecular flexibility index (Phi) is 4.87. The fourth-order valence-corrected chi connectivity index (χ4v) is 6.15. The van der Waals surface area contributed by atoms with Crippen molar-refractivity contribution in [3.05, 3.63) is 18.0 Å². The van der Waals surface area contributed by atoms with Gasteiger partial charge in [-0.05, 0) is 31.2 Å². The van der Waals surface area contributed by atoms with E-state index in [2.05, 4.69) is 0 Å². The Labute approximate surface area is 153 Å². The average Bonchev–Trinajstić information content (AvgIpc) is 3.15. The van der Waals surface area contributed by atoms with E-state index in [0.717, 1.165) is 19.3 Å². The predicted octanol–water partition coefficient (Wildman–Crippen LogP) is 1.13. The zero-order valence-electron chi connectivity index (χ0n) is 15.3. The van der Waals surface area contributed by atoms with E-state index < -0.39 is 22.0 Å². The van der Waals surface area contributed by atoms with Crippen LogP contribution < -0.4 is 0 Å². The van der Waals surface area contributed by atoms with Crippen LogP contribution in [0.1, 0.15) is 42.6 Å². The SMILES string of the molecule is CN(C)C(=O)c1cc(S(=O)(=O)N2C(C(=O)O)CC3CCCCC32)cn1C. The van der Waals surface area contributed by atoms with Gasteiger partial charge in [0.25, 0.3) is 5.91 Å². The van der Waals surface area contributed by atoms with E-state index in [1.807, 2.05) is 0 Å². The molecule has 1 saturated carbocycles. The molecule has 1 saturated heterocycles. The number of carbonyl (C=O) groups is 2. The van der Waals surface area contributed by atoms with E-state index in [-0.39, 0.29) is 28.5 Å². The van der Waals surface area contributed by atoms with Gasteiger partial charge in [0.05, 0.1) is 0 Å². The Morgan fingerprint density at radius 3 is 2.50 bits per heavy atom. The molecule has 0 bridgehead atoms. The van der Waals surface area contributed by atoms with Crippen molar-refractivity contribution in [3.63, 3.8) is 0 Å². The third-order valence-electron chi connectivity index (χ3n) is 5.49. The van der Waals surface area contributed by atoms with Gasteiger partial charge in [0.2, 0.25) is 10.0 Å². The molecule has 1 aliphatic heterocycles. The number of carbonyl (C=O) groups excluding carboxylic acids is 1. The summed E-state index contributed by atoms with van der Waals surface area (Å²) in [5.74, 6) is -1.32. The number of nitrogens with zero attached hydrogens (tertiary/aromatic N) is 3. The van der Waals surface area contributed by atoms with Crippen LogP contribution in [0.2, 0.25) is 0 Å². The first-order valence-electron chi connectivity index (χ1n) is 8.79. The first-order chi connectivity index (χ1) is 12.1. The highest BCUT2D eigenvalue weighted by atomic mass is 32.2. The van der Waals surface area contributed by atoms with E-state index in [9.17, 15) is 23.1 Å². The first kappa shape index (κ1) is 18.9. The van der Waals surface area contributed by atoms with Crippen molar-refractivity contribution in [2.24, 2.45) is 13.0 Å². The Morgan fingerprint density at radius 1 is 1.23 bits per heavy atom. The molecular formula is C17H25N3O5S. The van der Waals surface area contributed by atoms with Crippen molar-refractivity contribution < 1.29 is 23.1 Å². The van der Waals surface area contributed by atoms with E-state index >= 15 is 0 Å². The molecule has 0 spiro atoms. The van der Waals surface area contributed by atoms with E-state index in [1.54, 1.807) is 21.1 Å². The Balaban J connectivity index is 2.02. The molecule has 1 aromatic heterocycles. The molecule has 0 radical (unpaired) electrons. The van der Waals surface area contributed by atoms with Crippen molar-refractivity contribution >= 4 is 21.9 Å². The number of amides is 1. The van der Waals surface area contributed by atoms with E-state index in [4.69, 9.17) is 0 Å². The normalized spacial score (nSPS) is 26.5. The van der Waals surface area contributed by atoms with E-state index in [1.165, 1.54) is 26.0 Å². The van der Waals surface area contributed by atoms with Gasteiger partial charge >= 0.3 is 5.97 Å². The number of sulfonamides is 1. The van der Waals surface area contributed by atoms with Gasteiger partial charge in [-0.3, -0.25) is 9.59 Å². The fourth-order valence-electron chi connectivity index (χ4n) is 4.21. The van der Waals surface area contributed by atoms with Crippen LogP contribution in [0.15, 0.2) is 17.2 Å². The largest absolute Gasteiger partial charge is 0.480 e. The lowest BCUT2D eigenvalue weighted by molar-refractivity contribution is -0.141.